The maximum absolute atomic E-state index is 11.6. The molecule has 1 fully saturated rings. The molecular formula is C21H35IN4O. The van der Waals surface area contributed by atoms with Crippen molar-refractivity contribution in [1.82, 2.24) is 15.5 Å². The van der Waals surface area contributed by atoms with Crippen molar-refractivity contribution < 1.29 is 4.79 Å². The summed E-state index contributed by atoms with van der Waals surface area (Å²) in [5.41, 5.74) is 1.44. The van der Waals surface area contributed by atoms with Crippen LogP contribution in [0.4, 0.5) is 0 Å². The van der Waals surface area contributed by atoms with E-state index in [1.807, 2.05) is 13.8 Å². The van der Waals surface area contributed by atoms with E-state index in [-0.39, 0.29) is 35.8 Å². The zero-order valence-electron chi connectivity index (χ0n) is 17.1. The molecule has 1 saturated heterocycles. The van der Waals surface area contributed by atoms with Crippen molar-refractivity contribution in [2.45, 2.75) is 40.0 Å². The lowest BCUT2D eigenvalue weighted by Crippen LogP contribution is -2.48. The van der Waals surface area contributed by atoms with E-state index in [4.69, 9.17) is 4.99 Å². The van der Waals surface area contributed by atoms with E-state index in [0.717, 1.165) is 32.0 Å². The Morgan fingerprint density at radius 1 is 1.26 bits per heavy atom. The van der Waals surface area contributed by atoms with E-state index in [9.17, 15) is 4.79 Å². The van der Waals surface area contributed by atoms with Crippen LogP contribution in [0.2, 0.25) is 0 Å². The SMILES string of the molecule is CCNC(=NCCNC(=O)C(C)C)N1CCC(c2ccccc2)C(C)C1.I. The van der Waals surface area contributed by atoms with Gasteiger partial charge in [0.25, 0.3) is 0 Å². The summed E-state index contributed by atoms with van der Waals surface area (Å²) in [5, 5.41) is 6.33. The van der Waals surface area contributed by atoms with Crippen LogP contribution < -0.4 is 10.6 Å². The molecule has 2 rings (SSSR count). The lowest BCUT2D eigenvalue weighted by atomic mass is 9.82. The van der Waals surface area contributed by atoms with Crippen molar-refractivity contribution >= 4 is 35.8 Å². The molecule has 0 aromatic heterocycles. The number of likely N-dealkylation sites (tertiary alicyclic amines) is 1. The van der Waals surface area contributed by atoms with Gasteiger partial charge in [-0.05, 0) is 30.7 Å². The molecule has 1 aliphatic rings. The summed E-state index contributed by atoms with van der Waals surface area (Å²) in [4.78, 5) is 18.7. The van der Waals surface area contributed by atoms with Crippen molar-refractivity contribution in [2.75, 3.05) is 32.7 Å². The van der Waals surface area contributed by atoms with Crippen molar-refractivity contribution in [3.05, 3.63) is 35.9 Å². The highest BCUT2D eigenvalue weighted by molar-refractivity contribution is 14.0. The number of nitrogens with one attached hydrogen (secondary N) is 2. The second kappa shape index (κ2) is 12.2. The molecule has 2 atom stereocenters. The van der Waals surface area contributed by atoms with Crippen LogP contribution in [0.15, 0.2) is 35.3 Å². The van der Waals surface area contributed by atoms with Crippen LogP contribution in [0.3, 0.4) is 0 Å². The molecule has 1 aromatic rings. The van der Waals surface area contributed by atoms with Crippen molar-refractivity contribution in [1.29, 1.82) is 0 Å². The van der Waals surface area contributed by atoms with Crippen LogP contribution in [0, 0.1) is 11.8 Å². The number of hydrogen-bond acceptors (Lipinski definition) is 2. The first-order valence-electron chi connectivity index (χ1n) is 9.88. The number of piperidine rings is 1. The standard InChI is InChI=1S/C21H34N4O.HI/c1-5-22-21(24-13-12-23-20(26)16(2)3)25-14-11-19(17(4)15-25)18-9-7-6-8-10-18;/h6-10,16-17,19H,5,11-15H2,1-4H3,(H,22,24)(H,23,26);1H. The number of carbonyl (C=O) groups excluding carboxylic acids is 1. The van der Waals surface area contributed by atoms with Gasteiger partial charge in [0.1, 0.15) is 0 Å². The molecule has 1 heterocycles. The lowest BCUT2D eigenvalue weighted by Gasteiger charge is -2.39. The predicted molar refractivity (Wildman–Crippen MR) is 124 cm³/mol. The quantitative estimate of drug-likeness (QED) is 0.280. The number of nitrogens with zero attached hydrogens (tertiary/aromatic N) is 2. The van der Waals surface area contributed by atoms with E-state index in [1.54, 1.807) is 0 Å². The van der Waals surface area contributed by atoms with Gasteiger partial charge in [0.15, 0.2) is 5.96 Å². The monoisotopic (exact) mass is 486 g/mol. The Bertz CT molecular complexity index is 591. The Kier molecular flexibility index (Phi) is 10.7. The molecule has 0 spiro atoms. The van der Waals surface area contributed by atoms with E-state index >= 15 is 0 Å². The van der Waals surface area contributed by atoms with Gasteiger partial charge >= 0.3 is 0 Å². The summed E-state index contributed by atoms with van der Waals surface area (Å²) in [5.74, 6) is 2.26. The summed E-state index contributed by atoms with van der Waals surface area (Å²) < 4.78 is 0. The summed E-state index contributed by atoms with van der Waals surface area (Å²) in [6.45, 7) is 12.3. The first-order chi connectivity index (χ1) is 12.5. The Balaban J connectivity index is 0.00000364. The molecule has 5 nitrogen and oxygen atoms in total. The molecule has 0 radical (unpaired) electrons. The highest BCUT2D eigenvalue weighted by atomic mass is 127. The normalized spacial score (nSPS) is 20.2. The van der Waals surface area contributed by atoms with Gasteiger partial charge in [0, 0.05) is 32.1 Å². The molecule has 0 saturated carbocycles. The molecule has 2 unspecified atom stereocenters. The number of carbonyl (C=O) groups is 1. The number of hydrogen-bond donors (Lipinski definition) is 2. The first-order valence-corrected chi connectivity index (χ1v) is 9.88. The van der Waals surface area contributed by atoms with E-state index < -0.39 is 0 Å². The second-order valence-corrected chi connectivity index (χ2v) is 7.41. The van der Waals surface area contributed by atoms with Crippen LogP contribution in [0.25, 0.3) is 0 Å². The minimum Gasteiger partial charge on any atom is -0.357 e. The van der Waals surface area contributed by atoms with E-state index in [2.05, 4.69) is 59.7 Å². The fraction of sp³-hybridized carbons (Fsp3) is 0.619. The molecule has 152 valence electrons. The molecule has 0 bridgehead atoms. The molecule has 1 amide bonds. The molecule has 27 heavy (non-hydrogen) atoms. The van der Waals surface area contributed by atoms with E-state index in [0.29, 0.717) is 24.9 Å². The predicted octanol–water partition coefficient (Wildman–Crippen LogP) is 3.47. The molecule has 1 aromatic carbocycles. The summed E-state index contributed by atoms with van der Waals surface area (Å²) >= 11 is 0. The minimum absolute atomic E-state index is 0. The fourth-order valence-corrected chi connectivity index (χ4v) is 3.50. The maximum Gasteiger partial charge on any atom is 0.222 e. The number of rotatable bonds is 6. The summed E-state index contributed by atoms with van der Waals surface area (Å²) in [7, 11) is 0. The lowest BCUT2D eigenvalue weighted by molar-refractivity contribution is -0.123. The highest BCUT2D eigenvalue weighted by Gasteiger charge is 2.28. The van der Waals surface area contributed by atoms with Crippen LogP contribution in [-0.4, -0.2) is 49.5 Å². The number of aliphatic imine (C=N–C) groups is 1. The third kappa shape index (κ3) is 7.31. The molecule has 2 N–H and O–H groups in total. The van der Waals surface area contributed by atoms with Crippen molar-refractivity contribution in [2.24, 2.45) is 16.8 Å². The van der Waals surface area contributed by atoms with Crippen LogP contribution in [-0.2, 0) is 4.79 Å². The number of halogens is 1. The Morgan fingerprint density at radius 2 is 1.96 bits per heavy atom. The topological polar surface area (TPSA) is 56.7 Å². The Morgan fingerprint density at radius 3 is 2.56 bits per heavy atom. The molecular weight excluding hydrogens is 451 g/mol. The average Bonchev–Trinajstić information content (AvgIpc) is 2.64. The minimum atomic E-state index is 0. The van der Waals surface area contributed by atoms with Gasteiger partial charge in [-0.15, -0.1) is 24.0 Å². The van der Waals surface area contributed by atoms with Gasteiger partial charge < -0.3 is 15.5 Å². The zero-order valence-corrected chi connectivity index (χ0v) is 19.4. The molecule has 0 aliphatic carbocycles. The first kappa shape index (κ1) is 23.7. The Labute approximate surface area is 181 Å². The van der Waals surface area contributed by atoms with Crippen molar-refractivity contribution in [3.8, 4) is 0 Å². The van der Waals surface area contributed by atoms with Gasteiger partial charge in [0.2, 0.25) is 5.91 Å². The maximum atomic E-state index is 11.6. The van der Waals surface area contributed by atoms with Gasteiger partial charge in [-0.2, -0.15) is 0 Å². The van der Waals surface area contributed by atoms with Crippen LogP contribution >= 0.6 is 24.0 Å². The van der Waals surface area contributed by atoms with Crippen molar-refractivity contribution in [3.63, 3.8) is 0 Å². The van der Waals surface area contributed by atoms with Crippen LogP contribution in [0.5, 0.6) is 0 Å². The summed E-state index contributed by atoms with van der Waals surface area (Å²) in [6.07, 6.45) is 1.14. The van der Waals surface area contributed by atoms with Gasteiger partial charge in [-0.25, -0.2) is 0 Å². The zero-order chi connectivity index (χ0) is 18.9. The third-order valence-electron chi connectivity index (χ3n) is 4.96. The fourth-order valence-electron chi connectivity index (χ4n) is 3.50. The average molecular weight is 486 g/mol. The number of guanidine groups is 1. The molecule has 1 aliphatic heterocycles. The van der Waals surface area contributed by atoms with Gasteiger partial charge in [0.05, 0.1) is 6.54 Å². The Hall–Kier alpha value is -1.31. The largest absolute Gasteiger partial charge is 0.357 e. The third-order valence-corrected chi connectivity index (χ3v) is 4.96. The number of amides is 1. The van der Waals surface area contributed by atoms with E-state index in [1.165, 1.54) is 5.56 Å². The highest BCUT2D eigenvalue weighted by Crippen LogP contribution is 2.32. The number of benzene rings is 1. The van der Waals surface area contributed by atoms with Crippen LogP contribution in [0.1, 0.15) is 45.6 Å². The van der Waals surface area contributed by atoms with Gasteiger partial charge in [-0.1, -0.05) is 51.1 Å². The van der Waals surface area contributed by atoms with Gasteiger partial charge in [-0.3, -0.25) is 9.79 Å². The summed E-state index contributed by atoms with van der Waals surface area (Å²) in [6, 6.07) is 10.8. The second-order valence-electron chi connectivity index (χ2n) is 7.41. The molecule has 6 heteroatoms. The smallest absolute Gasteiger partial charge is 0.222 e.